The lowest BCUT2D eigenvalue weighted by molar-refractivity contribution is -0.146. The molecule has 0 atom stereocenters. The molecule has 0 spiro atoms. The lowest BCUT2D eigenvalue weighted by Gasteiger charge is -2.09. The van der Waals surface area contributed by atoms with Crippen LogP contribution in [-0.4, -0.2) is 25.2 Å². The number of benzene rings is 1. The van der Waals surface area contributed by atoms with Crippen molar-refractivity contribution in [3.63, 3.8) is 0 Å². The molecule has 0 aliphatic heterocycles. The highest BCUT2D eigenvalue weighted by Crippen LogP contribution is 2.26. The normalized spacial score (nSPS) is 9.71. The van der Waals surface area contributed by atoms with Crippen molar-refractivity contribution in [1.29, 1.82) is 0 Å². The summed E-state index contributed by atoms with van der Waals surface area (Å²) >= 11 is 6.72. The Hall–Kier alpha value is -1.34. The van der Waals surface area contributed by atoms with Crippen LogP contribution in [0.4, 0.5) is 5.69 Å². The van der Waals surface area contributed by atoms with Crippen molar-refractivity contribution in [3.8, 4) is 0 Å². The second kappa shape index (κ2) is 8.84. The summed E-state index contributed by atoms with van der Waals surface area (Å²) in [5.41, 5.74) is 0.501. The van der Waals surface area contributed by atoms with Crippen molar-refractivity contribution in [2.45, 2.75) is 13.8 Å². The molecule has 7 heteroatoms. The zero-order valence-electron chi connectivity index (χ0n) is 11.6. The molecule has 0 radical (unpaired) electrons. The first-order valence-corrected chi connectivity index (χ1v) is 7.84. The smallest absolute Gasteiger partial charge is 0.347 e. The van der Waals surface area contributed by atoms with Gasteiger partial charge in [-0.1, -0.05) is 15.9 Å². The van der Waals surface area contributed by atoms with Gasteiger partial charge in [0.1, 0.15) is 0 Å². The van der Waals surface area contributed by atoms with Gasteiger partial charge in [0.15, 0.2) is 5.57 Å². The second-order valence-electron chi connectivity index (χ2n) is 3.77. The molecular formula is C14H15Br2NO4. The average molecular weight is 421 g/mol. The summed E-state index contributed by atoms with van der Waals surface area (Å²) in [6.07, 6.45) is 1.28. The summed E-state index contributed by atoms with van der Waals surface area (Å²) in [5, 5.41) is 2.89. The van der Waals surface area contributed by atoms with E-state index in [1.54, 1.807) is 19.9 Å². The highest BCUT2D eigenvalue weighted by molar-refractivity contribution is 9.11. The van der Waals surface area contributed by atoms with Gasteiger partial charge in [-0.2, -0.15) is 0 Å². The molecular weight excluding hydrogens is 406 g/mol. The first kappa shape index (κ1) is 17.7. The Labute approximate surface area is 139 Å². The molecule has 0 fully saturated rings. The standard InChI is InChI=1S/C14H15Br2NO4/c1-3-20-13(18)10(14(19)21-4-2)8-17-12-7-9(15)5-6-11(12)16/h5-8,17H,3-4H2,1-2H3. The summed E-state index contributed by atoms with van der Waals surface area (Å²) in [6, 6.07) is 5.49. The highest BCUT2D eigenvalue weighted by atomic mass is 79.9. The number of halogens is 2. The first-order chi connectivity index (χ1) is 9.99. The average Bonchev–Trinajstić information content (AvgIpc) is 2.43. The predicted molar refractivity (Wildman–Crippen MR) is 86.8 cm³/mol. The van der Waals surface area contributed by atoms with E-state index >= 15 is 0 Å². The highest BCUT2D eigenvalue weighted by Gasteiger charge is 2.21. The number of carbonyl (C=O) groups is 2. The van der Waals surface area contributed by atoms with Crippen molar-refractivity contribution >= 4 is 49.5 Å². The molecule has 21 heavy (non-hydrogen) atoms. The molecule has 0 saturated carbocycles. The van der Waals surface area contributed by atoms with Crippen molar-refractivity contribution in [2.75, 3.05) is 18.5 Å². The van der Waals surface area contributed by atoms with Gasteiger partial charge >= 0.3 is 11.9 Å². The van der Waals surface area contributed by atoms with Crippen LogP contribution in [0.5, 0.6) is 0 Å². The zero-order chi connectivity index (χ0) is 15.8. The van der Waals surface area contributed by atoms with E-state index in [0.717, 1.165) is 8.95 Å². The fourth-order valence-electron chi connectivity index (χ4n) is 1.38. The molecule has 1 N–H and O–H groups in total. The SMILES string of the molecule is CCOC(=O)C(=CNc1cc(Br)ccc1Br)C(=O)OCC. The predicted octanol–water partition coefficient (Wildman–Crippen LogP) is 3.63. The van der Waals surface area contributed by atoms with E-state index < -0.39 is 11.9 Å². The largest absolute Gasteiger partial charge is 0.462 e. The van der Waals surface area contributed by atoms with Gasteiger partial charge in [-0.3, -0.25) is 0 Å². The first-order valence-electron chi connectivity index (χ1n) is 6.25. The lowest BCUT2D eigenvalue weighted by Crippen LogP contribution is -2.19. The number of nitrogens with one attached hydrogen (secondary N) is 1. The maximum atomic E-state index is 11.8. The number of anilines is 1. The van der Waals surface area contributed by atoms with Crippen LogP contribution in [-0.2, 0) is 19.1 Å². The van der Waals surface area contributed by atoms with Crippen molar-refractivity contribution in [3.05, 3.63) is 38.9 Å². The Morgan fingerprint density at radius 2 is 1.71 bits per heavy atom. The molecule has 0 amide bonds. The van der Waals surface area contributed by atoms with Gasteiger partial charge in [-0.15, -0.1) is 0 Å². The molecule has 0 aliphatic carbocycles. The maximum absolute atomic E-state index is 11.8. The van der Waals surface area contributed by atoms with Gasteiger partial charge in [0.05, 0.1) is 18.9 Å². The molecule has 0 aromatic heterocycles. The van der Waals surface area contributed by atoms with E-state index in [-0.39, 0.29) is 18.8 Å². The van der Waals surface area contributed by atoms with Crippen molar-refractivity contribution in [2.24, 2.45) is 0 Å². The third-order valence-corrected chi connectivity index (χ3v) is 3.48. The molecule has 0 heterocycles. The van der Waals surface area contributed by atoms with Crippen molar-refractivity contribution in [1.82, 2.24) is 0 Å². The Morgan fingerprint density at radius 1 is 1.14 bits per heavy atom. The van der Waals surface area contributed by atoms with Gasteiger partial charge in [-0.25, -0.2) is 9.59 Å². The summed E-state index contributed by atoms with van der Waals surface area (Å²) in [6.45, 7) is 3.68. The van der Waals surface area contributed by atoms with Gasteiger partial charge < -0.3 is 14.8 Å². The minimum atomic E-state index is -0.727. The fourth-order valence-corrected chi connectivity index (χ4v) is 2.10. The van der Waals surface area contributed by atoms with E-state index in [0.29, 0.717) is 5.69 Å². The molecule has 114 valence electrons. The topological polar surface area (TPSA) is 64.6 Å². The number of hydrogen-bond donors (Lipinski definition) is 1. The van der Waals surface area contributed by atoms with Crippen LogP contribution < -0.4 is 5.32 Å². The quantitative estimate of drug-likeness (QED) is 0.329. The van der Waals surface area contributed by atoms with E-state index in [9.17, 15) is 9.59 Å². The van der Waals surface area contributed by atoms with Crippen LogP contribution in [0.25, 0.3) is 0 Å². The van der Waals surface area contributed by atoms with Crippen LogP contribution in [0.1, 0.15) is 13.8 Å². The van der Waals surface area contributed by atoms with Crippen LogP contribution in [0.3, 0.4) is 0 Å². The summed E-state index contributed by atoms with van der Waals surface area (Å²) < 4.78 is 11.3. The number of rotatable bonds is 6. The Morgan fingerprint density at radius 3 is 2.24 bits per heavy atom. The Kier molecular flexibility index (Phi) is 7.45. The van der Waals surface area contributed by atoms with Crippen LogP contribution in [0.15, 0.2) is 38.9 Å². The molecule has 0 saturated heterocycles. The number of carbonyl (C=O) groups excluding carboxylic acids is 2. The summed E-state index contributed by atoms with van der Waals surface area (Å²) in [4.78, 5) is 23.6. The second-order valence-corrected chi connectivity index (χ2v) is 5.54. The van der Waals surface area contributed by atoms with E-state index in [1.165, 1.54) is 6.20 Å². The van der Waals surface area contributed by atoms with Crippen LogP contribution >= 0.6 is 31.9 Å². The van der Waals surface area contributed by atoms with E-state index in [4.69, 9.17) is 9.47 Å². The molecule has 1 aromatic carbocycles. The molecule has 1 rings (SSSR count). The fraction of sp³-hybridized carbons (Fsp3) is 0.286. The molecule has 0 bridgehead atoms. The van der Waals surface area contributed by atoms with Gasteiger partial charge in [0, 0.05) is 15.1 Å². The number of esters is 2. The molecule has 0 aliphatic rings. The number of ether oxygens (including phenoxy) is 2. The summed E-state index contributed by atoms with van der Waals surface area (Å²) in [7, 11) is 0. The Balaban J connectivity index is 2.99. The van der Waals surface area contributed by atoms with Gasteiger partial charge in [0.25, 0.3) is 0 Å². The molecule has 1 aromatic rings. The van der Waals surface area contributed by atoms with Gasteiger partial charge in [-0.05, 0) is 48.0 Å². The molecule has 5 nitrogen and oxygen atoms in total. The molecule has 0 unspecified atom stereocenters. The summed E-state index contributed by atoms with van der Waals surface area (Å²) in [5.74, 6) is -1.45. The van der Waals surface area contributed by atoms with Crippen molar-refractivity contribution < 1.29 is 19.1 Å². The minimum Gasteiger partial charge on any atom is -0.462 e. The van der Waals surface area contributed by atoms with Crippen LogP contribution in [0.2, 0.25) is 0 Å². The third-order valence-electron chi connectivity index (χ3n) is 2.29. The Bertz CT molecular complexity index is 538. The monoisotopic (exact) mass is 419 g/mol. The minimum absolute atomic E-state index is 0.177. The van der Waals surface area contributed by atoms with Gasteiger partial charge in [0.2, 0.25) is 0 Å². The lowest BCUT2D eigenvalue weighted by atomic mass is 10.2. The third kappa shape index (κ3) is 5.51. The number of hydrogen-bond acceptors (Lipinski definition) is 5. The maximum Gasteiger partial charge on any atom is 0.347 e. The van der Waals surface area contributed by atoms with Crippen LogP contribution in [0, 0.1) is 0 Å². The van der Waals surface area contributed by atoms with E-state index in [1.807, 2.05) is 12.1 Å². The zero-order valence-corrected chi connectivity index (χ0v) is 14.8. The van der Waals surface area contributed by atoms with E-state index in [2.05, 4.69) is 37.2 Å².